The molecule has 98 valence electrons. The number of nitrogen functional groups attached to an aromatic ring is 1. The molecule has 0 bridgehead atoms. The monoisotopic (exact) mass is 248 g/mol. The van der Waals surface area contributed by atoms with Crippen LogP contribution in [0, 0.1) is 6.92 Å². The van der Waals surface area contributed by atoms with Crippen molar-refractivity contribution < 1.29 is 4.74 Å². The molecule has 0 atom stereocenters. The first-order chi connectivity index (χ1) is 8.75. The fourth-order valence-corrected chi connectivity index (χ4v) is 2.33. The van der Waals surface area contributed by atoms with Crippen LogP contribution in [0.5, 0.6) is 0 Å². The van der Waals surface area contributed by atoms with Gasteiger partial charge in [0.2, 0.25) is 0 Å². The summed E-state index contributed by atoms with van der Waals surface area (Å²) in [5.41, 5.74) is 7.02. The Kier molecular flexibility index (Phi) is 3.07. The standard InChI is InChI=1S/C13H20N4O/c1-9-11(14)15-12(10-3-4-10)16-13(9)17-5-2-7-18-8-6-17/h10H,2-8H2,1H3,(H2,14,15,16). The molecule has 1 aliphatic carbocycles. The smallest absolute Gasteiger partial charge is 0.137 e. The van der Waals surface area contributed by atoms with Crippen molar-refractivity contribution in [1.29, 1.82) is 0 Å². The molecule has 1 saturated carbocycles. The Morgan fingerprint density at radius 1 is 1.22 bits per heavy atom. The molecule has 18 heavy (non-hydrogen) atoms. The molecule has 5 nitrogen and oxygen atoms in total. The molecule has 0 spiro atoms. The van der Waals surface area contributed by atoms with Crippen LogP contribution in [-0.4, -0.2) is 36.3 Å². The van der Waals surface area contributed by atoms with Crippen molar-refractivity contribution in [3.8, 4) is 0 Å². The van der Waals surface area contributed by atoms with Gasteiger partial charge >= 0.3 is 0 Å². The van der Waals surface area contributed by atoms with Crippen LogP contribution < -0.4 is 10.6 Å². The van der Waals surface area contributed by atoms with Crippen LogP contribution in [0.25, 0.3) is 0 Å². The number of hydrogen-bond acceptors (Lipinski definition) is 5. The average molecular weight is 248 g/mol. The van der Waals surface area contributed by atoms with E-state index < -0.39 is 0 Å². The van der Waals surface area contributed by atoms with Crippen molar-refractivity contribution in [3.05, 3.63) is 11.4 Å². The zero-order valence-electron chi connectivity index (χ0n) is 10.9. The Morgan fingerprint density at radius 2 is 2.06 bits per heavy atom. The summed E-state index contributed by atoms with van der Waals surface area (Å²) in [4.78, 5) is 11.4. The van der Waals surface area contributed by atoms with E-state index in [9.17, 15) is 0 Å². The van der Waals surface area contributed by atoms with Gasteiger partial charge in [-0.05, 0) is 26.2 Å². The Hall–Kier alpha value is -1.36. The molecule has 1 aliphatic heterocycles. The molecule has 1 aromatic heterocycles. The fraction of sp³-hybridized carbons (Fsp3) is 0.692. The van der Waals surface area contributed by atoms with Gasteiger partial charge in [-0.1, -0.05) is 0 Å². The van der Waals surface area contributed by atoms with E-state index >= 15 is 0 Å². The lowest BCUT2D eigenvalue weighted by molar-refractivity contribution is 0.152. The van der Waals surface area contributed by atoms with Crippen molar-refractivity contribution in [3.63, 3.8) is 0 Å². The van der Waals surface area contributed by atoms with Crippen LogP contribution in [-0.2, 0) is 4.74 Å². The van der Waals surface area contributed by atoms with Gasteiger partial charge < -0.3 is 15.4 Å². The Balaban J connectivity index is 1.92. The molecule has 0 unspecified atom stereocenters. The van der Waals surface area contributed by atoms with E-state index in [1.165, 1.54) is 12.8 Å². The lowest BCUT2D eigenvalue weighted by atomic mass is 10.2. The molecule has 0 amide bonds. The summed E-state index contributed by atoms with van der Waals surface area (Å²) in [6, 6.07) is 0. The molecular weight excluding hydrogens is 228 g/mol. The van der Waals surface area contributed by atoms with Gasteiger partial charge in [-0.3, -0.25) is 0 Å². The first-order valence-electron chi connectivity index (χ1n) is 6.72. The predicted molar refractivity (Wildman–Crippen MR) is 70.8 cm³/mol. The van der Waals surface area contributed by atoms with Gasteiger partial charge in [0.25, 0.3) is 0 Å². The molecule has 0 aromatic carbocycles. The van der Waals surface area contributed by atoms with Gasteiger partial charge in [0, 0.05) is 31.2 Å². The SMILES string of the molecule is Cc1c(N)nc(C2CC2)nc1N1CCCOCC1. The maximum absolute atomic E-state index is 6.02. The van der Waals surface area contributed by atoms with Crippen molar-refractivity contribution in [2.24, 2.45) is 0 Å². The summed E-state index contributed by atoms with van der Waals surface area (Å²) in [5, 5.41) is 0. The molecule has 2 aliphatic rings. The van der Waals surface area contributed by atoms with Gasteiger partial charge in [-0.2, -0.15) is 0 Å². The van der Waals surface area contributed by atoms with Gasteiger partial charge in [-0.15, -0.1) is 0 Å². The van der Waals surface area contributed by atoms with E-state index in [1.807, 2.05) is 6.92 Å². The molecule has 3 rings (SSSR count). The van der Waals surface area contributed by atoms with Crippen LogP contribution in [0.3, 0.4) is 0 Å². The van der Waals surface area contributed by atoms with Crippen molar-refractivity contribution >= 4 is 11.6 Å². The van der Waals surface area contributed by atoms with Crippen molar-refractivity contribution in [2.45, 2.75) is 32.1 Å². The normalized spacial score (nSPS) is 20.8. The molecule has 2 fully saturated rings. The van der Waals surface area contributed by atoms with Crippen LogP contribution >= 0.6 is 0 Å². The zero-order valence-corrected chi connectivity index (χ0v) is 10.9. The first-order valence-corrected chi connectivity index (χ1v) is 6.72. The van der Waals surface area contributed by atoms with Crippen LogP contribution in [0.1, 0.15) is 36.6 Å². The number of aromatic nitrogens is 2. The molecular formula is C13H20N4O. The quantitative estimate of drug-likeness (QED) is 0.858. The fourth-order valence-electron chi connectivity index (χ4n) is 2.33. The lowest BCUT2D eigenvalue weighted by Gasteiger charge is -2.23. The number of ether oxygens (including phenoxy) is 1. The highest BCUT2D eigenvalue weighted by Crippen LogP contribution is 2.39. The largest absolute Gasteiger partial charge is 0.383 e. The lowest BCUT2D eigenvalue weighted by Crippen LogP contribution is -2.28. The van der Waals surface area contributed by atoms with E-state index in [2.05, 4.69) is 9.88 Å². The van der Waals surface area contributed by atoms with Crippen LogP contribution in [0.15, 0.2) is 0 Å². The van der Waals surface area contributed by atoms with Gasteiger partial charge in [0.05, 0.1) is 6.61 Å². The summed E-state index contributed by atoms with van der Waals surface area (Å²) in [6.07, 6.45) is 3.44. The summed E-state index contributed by atoms with van der Waals surface area (Å²) in [5.74, 6) is 3.11. The highest BCUT2D eigenvalue weighted by molar-refractivity contribution is 5.57. The van der Waals surface area contributed by atoms with E-state index in [0.717, 1.165) is 49.9 Å². The summed E-state index contributed by atoms with van der Waals surface area (Å²) >= 11 is 0. The Morgan fingerprint density at radius 3 is 2.83 bits per heavy atom. The van der Waals surface area contributed by atoms with Gasteiger partial charge in [0.1, 0.15) is 17.5 Å². The highest BCUT2D eigenvalue weighted by atomic mass is 16.5. The number of nitrogens with two attached hydrogens (primary N) is 1. The third-order valence-electron chi connectivity index (χ3n) is 3.64. The number of anilines is 2. The molecule has 5 heteroatoms. The minimum absolute atomic E-state index is 0.537. The topological polar surface area (TPSA) is 64.3 Å². The third-order valence-corrected chi connectivity index (χ3v) is 3.64. The maximum Gasteiger partial charge on any atom is 0.137 e. The summed E-state index contributed by atoms with van der Waals surface area (Å²) < 4.78 is 5.49. The molecule has 2 heterocycles. The van der Waals surface area contributed by atoms with Gasteiger partial charge in [0.15, 0.2) is 0 Å². The molecule has 0 radical (unpaired) electrons. The minimum Gasteiger partial charge on any atom is -0.383 e. The molecule has 2 N–H and O–H groups in total. The van der Waals surface area contributed by atoms with E-state index in [4.69, 9.17) is 15.5 Å². The molecule has 1 aromatic rings. The highest BCUT2D eigenvalue weighted by Gasteiger charge is 2.28. The Bertz CT molecular complexity index is 437. The van der Waals surface area contributed by atoms with Crippen molar-refractivity contribution in [1.82, 2.24) is 9.97 Å². The number of rotatable bonds is 2. The zero-order chi connectivity index (χ0) is 12.5. The van der Waals surface area contributed by atoms with Crippen molar-refractivity contribution in [2.75, 3.05) is 36.9 Å². The van der Waals surface area contributed by atoms with E-state index in [0.29, 0.717) is 11.7 Å². The molecule has 1 saturated heterocycles. The van der Waals surface area contributed by atoms with E-state index in [1.54, 1.807) is 0 Å². The average Bonchev–Trinajstić information content (AvgIpc) is 3.18. The second-order valence-corrected chi connectivity index (χ2v) is 5.14. The van der Waals surface area contributed by atoms with Crippen LogP contribution in [0.4, 0.5) is 11.6 Å². The second kappa shape index (κ2) is 4.72. The number of nitrogens with zero attached hydrogens (tertiary/aromatic N) is 3. The minimum atomic E-state index is 0.537. The first kappa shape index (κ1) is 11.7. The predicted octanol–water partition coefficient (Wildman–Crippen LogP) is 1.47. The summed E-state index contributed by atoms with van der Waals surface area (Å²) in [7, 11) is 0. The number of hydrogen-bond donors (Lipinski definition) is 1. The maximum atomic E-state index is 6.02. The third kappa shape index (κ3) is 2.27. The summed E-state index contributed by atoms with van der Waals surface area (Å²) in [6.45, 7) is 5.49. The second-order valence-electron chi connectivity index (χ2n) is 5.14. The van der Waals surface area contributed by atoms with Gasteiger partial charge in [-0.25, -0.2) is 9.97 Å². The van der Waals surface area contributed by atoms with E-state index in [-0.39, 0.29) is 0 Å². The Labute approximate surface area is 107 Å². The van der Waals surface area contributed by atoms with Crippen LogP contribution in [0.2, 0.25) is 0 Å².